The number of carboxylic acid groups (broad SMARTS) is 1. The summed E-state index contributed by atoms with van der Waals surface area (Å²) in [4.78, 5) is 41.6. The average Bonchev–Trinajstić information content (AvgIpc) is 2.60. The molecule has 0 heterocycles. The molecular formula is C18H25NO6. The van der Waals surface area contributed by atoms with Crippen molar-refractivity contribution in [3.8, 4) is 0 Å². The van der Waals surface area contributed by atoms with Crippen LogP contribution in [-0.4, -0.2) is 29.7 Å². The average molecular weight is 351 g/mol. The van der Waals surface area contributed by atoms with Crippen LogP contribution in [0.2, 0.25) is 0 Å². The summed E-state index contributed by atoms with van der Waals surface area (Å²) in [6.07, 6.45) is 0.625. The number of para-hydroxylation sites is 1. The molecule has 1 rings (SSSR count). The Balaban J connectivity index is 3.41. The molecule has 7 heteroatoms. The molecule has 25 heavy (non-hydrogen) atoms. The summed E-state index contributed by atoms with van der Waals surface area (Å²) >= 11 is 0. The van der Waals surface area contributed by atoms with Gasteiger partial charge in [-0.15, -0.1) is 5.06 Å². The van der Waals surface area contributed by atoms with E-state index in [0.29, 0.717) is 29.9 Å². The molecule has 0 aromatic heterocycles. The van der Waals surface area contributed by atoms with Crippen molar-refractivity contribution >= 4 is 23.7 Å². The van der Waals surface area contributed by atoms with Crippen molar-refractivity contribution in [3.63, 3.8) is 0 Å². The van der Waals surface area contributed by atoms with Crippen LogP contribution in [0.5, 0.6) is 0 Å². The molecule has 0 aliphatic carbocycles. The first-order chi connectivity index (χ1) is 11.9. The Hall–Kier alpha value is -2.57. The highest BCUT2D eigenvalue weighted by atomic mass is 16.8. The van der Waals surface area contributed by atoms with Crippen LogP contribution < -0.4 is 5.06 Å². The number of aryl methyl sites for hydroxylation is 1. The minimum absolute atomic E-state index is 0.0234. The first-order valence-corrected chi connectivity index (χ1v) is 8.44. The van der Waals surface area contributed by atoms with Crippen LogP contribution in [0.15, 0.2) is 18.2 Å². The number of hydroxylamine groups is 1. The number of carbonyl (C=O) groups excluding carboxylic acids is 2. The number of aromatic carboxylic acids is 1. The van der Waals surface area contributed by atoms with E-state index >= 15 is 0 Å². The number of carboxylic acids is 1. The second-order valence-electron chi connectivity index (χ2n) is 5.39. The van der Waals surface area contributed by atoms with Gasteiger partial charge >= 0.3 is 18.0 Å². The highest BCUT2D eigenvalue weighted by molar-refractivity contribution is 6.01. The van der Waals surface area contributed by atoms with Gasteiger partial charge in [0.25, 0.3) is 0 Å². The van der Waals surface area contributed by atoms with Gasteiger partial charge < -0.3 is 14.7 Å². The molecule has 0 saturated carbocycles. The van der Waals surface area contributed by atoms with E-state index in [1.54, 1.807) is 19.1 Å². The van der Waals surface area contributed by atoms with Gasteiger partial charge in [0.15, 0.2) is 0 Å². The van der Waals surface area contributed by atoms with E-state index in [0.717, 1.165) is 0 Å². The van der Waals surface area contributed by atoms with Crippen LogP contribution in [0.3, 0.4) is 0 Å². The Labute approximate surface area is 147 Å². The predicted molar refractivity (Wildman–Crippen MR) is 92.4 cm³/mol. The molecule has 1 aromatic rings. The topological polar surface area (TPSA) is 93.1 Å². The molecule has 0 radical (unpaired) electrons. The van der Waals surface area contributed by atoms with Gasteiger partial charge in [0.1, 0.15) is 5.69 Å². The van der Waals surface area contributed by atoms with E-state index in [9.17, 15) is 19.5 Å². The molecule has 0 fully saturated rings. The summed E-state index contributed by atoms with van der Waals surface area (Å²) in [6.45, 7) is 7.17. The summed E-state index contributed by atoms with van der Waals surface area (Å²) in [5.41, 5.74) is 0.449. The van der Waals surface area contributed by atoms with Gasteiger partial charge in [-0.1, -0.05) is 32.9 Å². The fourth-order valence-electron chi connectivity index (χ4n) is 2.43. The molecule has 1 N–H and O–H groups in total. The number of nitrogens with zero attached hydrogens (tertiary/aromatic N) is 1. The maximum atomic E-state index is 12.4. The van der Waals surface area contributed by atoms with E-state index in [4.69, 9.17) is 9.57 Å². The van der Waals surface area contributed by atoms with Gasteiger partial charge in [0.2, 0.25) is 0 Å². The molecule has 7 nitrogen and oxygen atoms in total. The third kappa shape index (κ3) is 4.95. The number of ether oxygens (including phenoxy) is 1. The smallest absolute Gasteiger partial charge is 0.448 e. The van der Waals surface area contributed by atoms with Crippen LogP contribution in [0.4, 0.5) is 10.5 Å². The molecule has 0 spiro atoms. The van der Waals surface area contributed by atoms with Gasteiger partial charge in [0, 0.05) is 0 Å². The Morgan fingerprint density at radius 2 is 1.76 bits per heavy atom. The van der Waals surface area contributed by atoms with Crippen molar-refractivity contribution in [1.29, 1.82) is 0 Å². The first-order valence-electron chi connectivity index (χ1n) is 8.44. The molecule has 0 aliphatic rings. The lowest BCUT2D eigenvalue weighted by molar-refractivity contribution is -0.149. The number of benzene rings is 1. The highest BCUT2D eigenvalue weighted by Gasteiger charge is 2.31. The van der Waals surface area contributed by atoms with Crippen molar-refractivity contribution in [2.24, 2.45) is 5.92 Å². The number of amides is 1. The van der Waals surface area contributed by atoms with Crippen LogP contribution in [-0.2, 0) is 20.8 Å². The monoisotopic (exact) mass is 351 g/mol. The first kappa shape index (κ1) is 20.5. The van der Waals surface area contributed by atoms with Crippen molar-refractivity contribution in [2.45, 2.75) is 47.0 Å². The molecule has 0 atom stereocenters. The predicted octanol–water partition coefficient (Wildman–Crippen LogP) is 3.80. The van der Waals surface area contributed by atoms with E-state index in [-0.39, 0.29) is 23.8 Å². The summed E-state index contributed by atoms with van der Waals surface area (Å²) in [7, 11) is 0. The van der Waals surface area contributed by atoms with Gasteiger partial charge in [-0.2, -0.15) is 0 Å². The molecule has 138 valence electrons. The Bertz CT molecular complexity index is 624. The number of carbonyl (C=O) groups is 3. The van der Waals surface area contributed by atoms with Gasteiger partial charge in [-0.25, -0.2) is 14.4 Å². The minimum atomic E-state index is -1.22. The largest absolute Gasteiger partial charge is 0.478 e. The van der Waals surface area contributed by atoms with E-state index in [2.05, 4.69) is 0 Å². The lowest BCUT2D eigenvalue weighted by Crippen LogP contribution is -2.38. The summed E-state index contributed by atoms with van der Waals surface area (Å²) in [5.74, 6) is -2.21. The van der Waals surface area contributed by atoms with E-state index < -0.39 is 18.0 Å². The second kappa shape index (κ2) is 9.66. The standard InChI is InChI=1S/C18H25NO6/c1-5-12(6-2)17(22)25-19(18(23)24-8-4)15-13(7-3)10-9-11-14(15)16(20)21/h9-12H,5-8H2,1-4H3,(H,20,21). The number of anilines is 1. The molecule has 0 aliphatic heterocycles. The van der Waals surface area contributed by atoms with Gasteiger partial charge in [-0.3, -0.25) is 0 Å². The lowest BCUT2D eigenvalue weighted by Gasteiger charge is -2.25. The maximum absolute atomic E-state index is 12.4. The van der Waals surface area contributed by atoms with Crippen LogP contribution in [0.25, 0.3) is 0 Å². The van der Waals surface area contributed by atoms with Crippen LogP contribution in [0, 0.1) is 5.92 Å². The fourth-order valence-corrected chi connectivity index (χ4v) is 2.43. The molecule has 1 amide bonds. The number of hydrogen-bond donors (Lipinski definition) is 1. The van der Waals surface area contributed by atoms with Crippen molar-refractivity contribution in [2.75, 3.05) is 11.7 Å². The Kier molecular flexibility index (Phi) is 7.91. The van der Waals surface area contributed by atoms with Crippen molar-refractivity contribution in [1.82, 2.24) is 0 Å². The van der Waals surface area contributed by atoms with Gasteiger partial charge in [0.05, 0.1) is 18.1 Å². The number of rotatable bonds is 7. The molecule has 0 saturated heterocycles. The van der Waals surface area contributed by atoms with Crippen molar-refractivity contribution < 1.29 is 29.1 Å². The minimum Gasteiger partial charge on any atom is -0.478 e. The van der Waals surface area contributed by atoms with Crippen LogP contribution in [0.1, 0.15) is 56.5 Å². The summed E-state index contributed by atoms with van der Waals surface area (Å²) < 4.78 is 4.96. The lowest BCUT2D eigenvalue weighted by atomic mass is 10.0. The zero-order valence-electron chi connectivity index (χ0n) is 15.1. The third-order valence-electron chi connectivity index (χ3n) is 3.87. The zero-order valence-corrected chi connectivity index (χ0v) is 15.1. The fraction of sp³-hybridized carbons (Fsp3) is 0.500. The summed E-state index contributed by atoms with van der Waals surface area (Å²) in [5, 5.41) is 10.1. The second-order valence-corrected chi connectivity index (χ2v) is 5.39. The normalized spacial score (nSPS) is 10.4. The molecule has 1 aromatic carbocycles. The molecular weight excluding hydrogens is 326 g/mol. The van der Waals surface area contributed by atoms with E-state index in [1.165, 1.54) is 6.07 Å². The highest BCUT2D eigenvalue weighted by Crippen LogP contribution is 2.28. The van der Waals surface area contributed by atoms with Crippen LogP contribution >= 0.6 is 0 Å². The van der Waals surface area contributed by atoms with Crippen molar-refractivity contribution in [3.05, 3.63) is 29.3 Å². The zero-order chi connectivity index (χ0) is 19.0. The molecule has 0 bridgehead atoms. The number of hydrogen-bond acceptors (Lipinski definition) is 5. The maximum Gasteiger partial charge on any atom is 0.448 e. The van der Waals surface area contributed by atoms with E-state index in [1.807, 2.05) is 20.8 Å². The SMILES string of the molecule is CCOC(=O)N(OC(=O)C(CC)CC)c1c(CC)cccc1C(=O)O. The van der Waals surface area contributed by atoms with Gasteiger partial charge in [-0.05, 0) is 37.8 Å². The third-order valence-corrected chi connectivity index (χ3v) is 3.87. The Morgan fingerprint density at radius 3 is 2.24 bits per heavy atom. The summed E-state index contributed by atoms with van der Waals surface area (Å²) in [6, 6.07) is 4.62. The quantitative estimate of drug-likeness (QED) is 0.751. The Morgan fingerprint density at radius 1 is 1.12 bits per heavy atom. The molecule has 0 unspecified atom stereocenters.